The van der Waals surface area contributed by atoms with Crippen molar-refractivity contribution < 1.29 is 14.3 Å². The Kier molecular flexibility index (Phi) is 4.47. The van der Waals surface area contributed by atoms with Crippen LogP contribution in [-0.2, 0) is 4.79 Å². The summed E-state index contributed by atoms with van der Waals surface area (Å²) in [5.41, 5.74) is 4.08. The first-order chi connectivity index (χ1) is 14.6. The number of hydrogen-bond acceptors (Lipinski definition) is 3. The third-order valence-electron chi connectivity index (χ3n) is 6.18. The number of ether oxygens (including phenoxy) is 2. The third kappa shape index (κ3) is 2.85. The minimum Gasteiger partial charge on any atom is -0.456 e. The first-order valence-electron chi connectivity index (χ1n) is 10.5. The van der Waals surface area contributed by atoms with Crippen LogP contribution in [0.3, 0.4) is 0 Å². The lowest BCUT2D eigenvalue weighted by molar-refractivity contribution is -0.130. The highest BCUT2D eigenvalue weighted by molar-refractivity contribution is 6.00. The zero-order valence-electron chi connectivity index (χ0n) is 17.3. The van der Waals surface area contributed by atoms with E-state index in [-0.39, 0.29) is 17.8 Å². The average Bonchev–Trinajstić information content (AvgIpc) is 3.35. The standard InChI is InChI=1S/C27H24O3/c1-4-17-14-18-15-22(17)24-23(18)25(29-19-10-6-5-7-11-19)20-12-8-9-13-21(20)26(24)30-27(28)16(2)3/h5-14,18,22H,2,4,15H2,1,3H3. The van der Waals surface area contributed by atoms with Crippen LogP contribution in [0.1, 0.15) is 49.7 Å². The van der Waals surface area contributed by atoms with Gasteiger partial charge < -0.3 is 9.47 Å². The maximum Gasteiger partial charge on any atom is 0.338 e. The van der Waals surface area contributed by atoms with Crippen molar-refractivity contribution >= 4 is 16.7 Å². The second-order valence-corrected chi connectivity index (χ2v) is 8.11. The molecule has 0 saturated carbocycles. The van der Waals surface area contributed by atoms with Crippen LogP contribution in [0.4, 0.5) is 0 Å². The van der Waals surface area contributed by atoms with E-state index in [1.807, 2.05) is 54.6 Å². The molecular weight excluding hydrogens is 372 g/mol. The minimum atomic E-state index is -0.385. The summed E-state index contributed by atoms with van der Waals surface area (Å²) in [6, 6.07) is 17.9. The molecular formula is C27H24O3. The Hall–Kier alpha value is -3.33. The molecule has 2 unspecified atom stereocenters. The number of carbonyl (C=O) groups is 1. The molecule has 0 amide bonds. The maximum absolute atomic E-state index is 12.5. The van der Waals surface area contributed by atoms with Crippen LogP contribution >= 0.6 is 0 Å². The van der Waals surface area contributed by atoms with Gasteiger partial charge >= 0.3 is 5.97 Å². The molecule has 2 aliphatic carbocycles. The van der Waals surface area contributed by atoms with Crippen molar-refractivity contribution in [2.75, 3.05) is 0 Å². The van der Waals surface area contributed by atoms with Crippen molar-refractivity contribution in [3.63, 3.8) is 0 Å². The van der Waals surface area contributed by atoms with Gasteiger partial charge in [0.1, 0.15) is 17.2 Å². The molecule has 2 bridgehead atoms. The molecule has 0 saturated heterocycles. The Morgan fingerprint density at radius 1 is 1.00 bits per heavy atom. The summed E-state index contributed by atoms with van der Waals surface area (Å²) in [6.07, 6.45) is 4.39. The molecule has 0 heterocycles. The Balaban J connectivity index is 1.78. The highest BCUT2D eigenvalue weighted by Gasteiger charge is 2.43. The van der Waals surface area contributed by atoms with Crippen LogP contribution in [0.5, 0.6) is 17.2 Å². The topological polar surface area (TPSA) is 35.5 Å². The molecule has 0 fully saturated rings. The number of hydrogen-bond donors (Lipinski definition) is 0. The molecule has 5 rings (SSSR count). The van der Waals surface area contributed by atoms with E-state index in [1.165, 1.54) is 5.57 Å². The maximum atomic E-state index is 12.5. The van der Waals surface area contributed by atoms with Crippen LogP contribution in [-0.4, -0.2) is 5.97 Å². The van der Waals surface area contributed by atoms with E-state index in [0.717, 1.165) is 46.2 Å². The number of esters is 1. The average molecular weight is 396 g/mol. The Labute approximate surface area is 176 Å². The lowest BCUT2D eigenvalue weighted by atomic mass is 9.86. The zero-order valence-corrected chi connectivity index (χ0v) is 17.3. The zero-order chi connectivity index (χ0) is 20.8. The summed E-state index contributed by atoms with van der Waals surface area (Å²) < 4.78 is 12.4. The lowest BCUT2D eigenvalue weighted by Gasteiger charge is -2.25. The Morgan fingerprint density at radius 3 is 2.33 bits per heavy atom. The quantitative estimate of drug-likeness (QED) is 0.201. The summed E-state index contributed by atoms with van der Waals surface area (Å²) in [5.74, 6) is 2.51. The lowest BCUT2D eigenvalue weighted by Crippen LogP contribution is -2.13. The Morgan fingerprint density at radius 2 is 1.67 bits per heavy atom. The van der Waals surface area contributed by atoms with Gasteiger partial charge in [-0.05, 0) is 31.9 Å². The largest absolute Gasteiger partial charge is 0.456 e. The highest BCUT2D eigenvalue weighted by Crippen LogP contribution is 2.61. The predicted octanol–water partition coefficient (Wildman–Crippen LogP) is 7.03. The van der Waals surface area contributed by atoms with Gasteiger partial charge in [-0.25, -0.2) is 4.79 Å². The fourth-order valence-electron chi connectivity index (χ4n) is 4.85. The molecule has 3 aromatic carbocycles. The monoisotopic (exact) mass is 396 g/mol. The van der Waals surface area contributed by atoms with E-state index in [2.05, 4.69) is 19.6 Å². The fourth-order valence-corrected chi connectivity index (χ4v) is 4.85. The van der Waals surface area contributed by atoms with Gasteiger partial charge in [0.15, 0.2) is 0 Å². The van der Waals surface area contributed by atoms with Gasteiger partial charge in [-0.1, -0.05) is 67.6 Å². The molecule has 2 atom stereocenters. The number of carbonyl (C=O) groups excluding carboxylic acids is 1. The molecule has 0 N–H and O–H groups in total. The normalized spacial score (nSPS) is 18.8. The van der Waals surface area contributed by atoms with Crippen molar-refractivity contribution in [1.82, 2.24) is 0 Å². The van der Waals surface area contributed by atoms with Crippen molar-refractivity contribution in [1.29, 1.82) is 0 Å². The van der Waals surface area contributed by atoms with Crippen molar-refractivity contribution in [3.05, 3.63) is 89.5 Å². The van der Waals surface area contributed by atoms with Gasteiger partial charge in [-0.15, -0.1) is 0 Å². The molecule has 3 heteroatoms. The molecule has 150 valence electrons. The predicted molar refractivity (Wildman–Crippen MR) is 119 cm³/mol. The minimum absolute atomic E-state index is 0.269. The van der Waals surface area contributed by atoms with Gasteiger partial charge in [0, 0.05) is 39.3 Å². The van der Waals surface area contributed by atoms with Crippen LogP contribution in [0, 0.1) is 0 Å². The van der Waals surface area contributed by atoms with Crippen LogP contribution < -0.4 is 9.47 Å². The van der Waals surface area contributed by atoms with Crippen LogP contribution in [0.15, 0.2) is 78.4 Å². The summed E-state index contributed by atoms with van der Waals surface area (Å²) in [5, 5.41) is 1.86. The van der Waals surface area contributed by atoms with E-state index in [1.54, 1.807) is 6.92 Å². The van der Waals surface area contributed by atoms with Gasteiger partial charge in [0.25, 0.3) is 0 Å². The second-order valence-electron chi connectivity index (χ2n) is 8.11. The molecule has 0 spiro atoms. The van der Waals surface area contributed by atoms with Crippen LogP contribution in [0.2, 0.25) is 0 Å². The molecule has 3 aromatic rings. The number of rotatable bonds is 5. The van der Waals surface area contributed by atoms with E-state index >= 15 is 0 Å². The number of fused-ring (bicyclic) bond motifs is 6. The first kappa shape index (κ1) is 18.7. The highest BCUT2D eigenvalue weighted by atomic mass is 16.5. The van der Waals surface area contributed by atoms with E-state index in [9.17, 15) is 4.79 Å². The van der Waals surface area contributed by atoms with Gasteiger partial charge in [-0.2, -0.15) is 0 Å². The van der Waals surface area contributed by atoms with Gasteiger partial charge in [0.2, 0.25) is 0 Å². The Bertz CT molecular complexity index is 1200. The summed E-state index contributed by atoms with van der Waals surface area (Å²) in [6.45, 7) is 7.64. The summed E-state index contributed by atoms with van der Waals surface area (Å²) in [4.78, 5) is 12.5. The second kappa shape index (κ2) is 7.17. The summed E-state index contributed by atoms with van der Waals surface area (Å²) in [7, 11) is 0. The molecule has 0 aromatic heterocycles. The van der Waals surface area contributed by atoms with E-state index in [4.69, 9.17) is 9.47 Å². The number of benzene rings is 3. The third-order valence-corrected chi connectivity index (χ3v) is 6.18. The van der Waals surface area contributed by atoms with E-state index in [0.29, 0.717) is 11.3 Å². The molecule has 30 heavy (non-hydrogen) atoms. The SMILES string of the molecule is C=C(C)C(=O)Oc1c2c(c(Oc3ccccc3)c3ccccc13)C1C=C(CC)C2C1. The van der Waals surface area contributed by atoms with Crippen molar-refractivity contribution in [2.45, 2.75) is 38.5 Å². The molecule has 2 aliphatic rings. The summed E-state index contributed by atoms with van der Waals surface area (Å²) >= 11 is 0. The van der Waals surface area contributed by atoms with Crippen LogP contribution in [0.25, 0.3) is 10.8 Å². The molecule has 0 radical (unpaired) electrons. The van der Waals surface area contributed by atoms with Gasteiger partial charge in [0.05, 0.1) is 0 Å². The van der Waals surface area contributed by atoms with Crippen molar-refractivity contribution in [2.24, 2.45) is 0 Å². The molecule has 3 nitrogen and oxygen atoms in total. The number of para-hydroxylation sites is 1. The number of allylic oxidation sites excluding steroid dienone is 2. The van der Waals surface area contributed by atoms with Gasteiger partial charge in [-0.3, -0.25) is 0 Å². The molecule has 0 aliphatic heterocycles. The van der Waals surface area contributed by atoms with Crippen molar-refractivity contribution in [3.8, 4) is 17.2 Å². The first-order valence-corrected chi connectivity index (χ1v) is 10.5. The smallest absolute Gasteiger partial charge is 0.338 e. The fraction of sp³-hybridized carbons (Fsp3) is 0.222. The van der Waals surface area contributed by atoms with E-state index < -0.39 is 0 Å².